The highest BCUT2D eigenvalue weighted by Crippen LogP contribution is 2.01. The zero-order valence-corrected chi connectivity index (χ0v) is 5.61. The Labute approximate surface area is 58.4 Å². The summed E-state index contributed by atoms with van der Waals surface area (Å²) in [4.78, 5) is 10.3. The van der Waals surface area contributed by atoms with Crippen LogP contribution in [0.1, 0.15) is 6.92 Å². The summed E-state index contributed by atoms with van der Waals surface area (Å²) in [6.45, 7) is 4.06. The van der Waals surface area contributed by atoms with Crippen LogP contribution in [0.2, 0.25) is 0 Å². The normalized spacial score (nSPS) is 15.9. The molecule has 0 bridgehead atoms. The van der Waals surface area contributed by atoms with E-state index in [0.717, 1.165) is 6.92 Å². The van der Waals surface area contributed by atoms with E-state index in [4.69, 9.17) is 15.3 Å². The van der Waals surface area contributed by atoms with Crippen molar-refractivity contribution < 1.29 is 20.1 Å². The molecule has 0 saturated heterocycles. The molecular weight excluding hydrogens is 136 g/mol. The van der Waals surface area contributed by atoms with Gasteiger partial charge in [-0.25, -0.2) is 0 Å². The number of aliphatic hydroxyl groups excluding tert-OH is 3. The topological polar surface area (TPSA) is 77.8 Å². The standard InChI is InChI=1S/C6H10O4/c1-3(7)5(9)6(10)4(2)8/h5-7,9-10H,1H2,2H3/t5-,6-/m0/s1. The zero-order valence-electron chi connectivity index (χ0n) is 5.61. The van der Waals surface area contributed by atoms with Crippen molar-refractivity contribution in [2.75, 3.05) is 0 Å². The molecule has 4 nitrogen and oxygen atoms in total. The fraction of sp³-hybridized carbons (Fsp3) is 0.500. The van der Waals surface area contributed by atoms with E-state index in [2.05, 4.69) is 6.58 Å². The molecule has 0 aliphatic rings. The van der Waals surface area contributed by atoms with Gasteiger partial charge < -0.3 is 15.3 Å². The van der Waals surface area contributed by atoms with Crippen LogP contribution < -0.4 is 0 Å². The molecule has 0 aromatic carbocycles. The molecule has 0 aliphatic carbocycles. The lowest BCUT2D eigenvalue weighted by Gasteiger charge is -2.12. The smallest absolute Gasteiger partial charge is 0.161 e. The van der Waals surface area contributed by atoms with Crippen LogP contribution in [0, 0.1) is 0 Å². The highest BCUT2D eigenvalue weighted by atomic mass is 16.4. The number of rotatable bonds is 3. The van der Waals surface area contributed by atoms with E-state index in [0.29, 0.717) is 0 Å². The lowest BCUT2D eigenvalue weighted by molar-refractivity contribution is -0.130. The predicted octanol–water partition coefficient (Wildman–Crippen LogP) is -0.631. The summed E-state index contributed by atoms with van der Waals surface area (Å²) >= 11 is 0. The molecular formula is C6H10O4. The van der Waals surface area contributed by atoms with Crippen LogP contribution >= 0.6 is 0 Å². The van der Waals surface area contributed by atoms with Gasteiger partial charge in [0, 0.05) is 0 Å². The van der Waals surface area contributed by atoms with Crippen LogP contribution in [0.4, 0.5) is 0 Å². The van der Waals surface area contributed by atoms with Gasteiger partial charge in [-0.3, -0.25) is 4.79 Å². The van der Waals surface area contributed by atoms with Crippen molar-refractivity contribution in [1.82, 2.24) is 0 Å². The molecule has 4 heteroatoms. The highest BCUT2D eigenvalue weighted by Gasteiger charge is 2.22. The van der Waals surface area contributed by atoms with Gasteiger partial charge in [0.2, 0.25) is 0 Å². The lowest BCUT2D eigenvalue weighted by atomic mass is 10.1. The van der Waals surface area contributed by atoms with E-state index in [1.165, 1.54) is 0 Å². The Balaban J connectivity index is 4.07. The average Bonchev–Trinajstić information content (AvgIpc) is 1.84. The van der Waals surface area contributed by atoms with E-state index in [1.54, 1.807) is 0 Å². The minimum Gasteiger partial charge on any atom is -0.510 e. The molecule has 0 saturated carbocycles. The summed E-state index contributed by atoms with van der Waals surface area (Å²) in [5, 5.41) is 26.0. The molecule has 0 rings (SSSR count). The van der Waals surface area contributed by atoms with E-state index in [1.807, 2.05) is 0 Å². The molecule has 58 valence electrons. The number of carbonyl (C=O) groups excluding carboxylic acids is 1. The maximum atomic E-state index is 10.3. The first-order chi connectivity index (χ1) is 4.46. The van der Waals surface area contributed by atoms with Gasteiger partial charge in [0.25, 0.3) is 0 Å². The average molecular weight is 146 g/mol. The molecule has 10 heavy (non-hydrogen) atoms. The number of hydrogen-bond donors (Lipinski definition) is 3. The fourth-order valence-electron chi connectivity index (χ4n) is 0.405. The van der Waals surface area contributed by atoms with Crippen molar-refractivity contribution >= 4 is 5.78 Å². The van der Waals surface area contributed by atoms with Crippen LogP contribution in [0.5, 0.6) is 0 Å². The number of hydrogen-bond acceptors (Lipinski definition) is 4. The molecule has 0 spiro atoms. The molecule has 3 N–H and O–H groups in total. The van der Waals surface area contributed by atoms with E-state index >= 15 is 0 Å². The summed E-state index contributed by atoms with van der Waals surface area (Å²) in [6.07, 6.45) is -3.14. The quantitative estimate of drug-likeness (QED) is 0.463. The van der Waals surface area contributed by atoms with Gasteiger partial charge in [-0.2, -0.15) is 0 Å². The van der Waals surface area contributed by atoms with Crippen molar-refractivity contribution in [3.63, 3.8) is 0 Å². The summed E-state index contributed by atoms with van der Waals surface area (Å²) in [7, 11) is 0. The summed E-state index contributed by atoms with van der Waals surface area (Å²) in [5.74, 6) is -1.22. The molecule has 0 unspecified atom stereocenters. The molecule has 0 aliphatic heterocycles. The first-order valence-corrected chi connectivity index (χ1v) is 2.71. The van der Waals surface area contributed by atoms with Gasteiger partial charge in [0.1, 0.15) is 18.0 Å². The number of Topliss-reactive ketones (excluding diaryl/α,β-unsaturated/α-hetero) is 1. The first-order valence-electron chi connectivity index (χ1n) is 2.71. The van der Waals surface area contributed by atoms with E-state index in [-0.39, 0.29) is 0 Å². The highest BCUT2D eigenvalue weighted by molar-refractivity contribution is 5.81. The Kier molecular flexibility index (Phi) is 3.05. The Hall–Kier alpha value is -0.870. The number of ketones is 1. The predicted molar refractivity (Wildman–Crippen MR) is 34.5 cm³/mol. The lowest BCUT2D eigenvalue weighted by Crippen LogP contribution is -2.33. The van der Waals surface area contributed by atoms with Crippen molar-refractivity contribution in [2.24, 2.45) is 0 Å². The Morgan fingerprint density at radius 1 is 1.40 bits per heavy atom. The van der Waals surface area contributed by atoms with Gasteiger partial charge in [0.05, 0.1) is 0 Å². The van der Waals surface area contributed by atoms with Crippen molar-refractivity contribution in [2.45, 2.75) is 19.1 Å². The minimum absolute atomic E-state index is 0.609. The SMILES string of the molecule is C=C(O)[C@H](O)[C@@H](O)C(C)=O. The Morgan fingerprint density at radius 2 is 1.80 bits per heavy atom. The Bertz CT molecular complexity index is 134. The second-order valence-electron chi connectivity index (χ2n) is 1.99. The molecule has 0 radical (unpaired) electrons. The monoisotopic (exact) mass is 146 g/mol. The van der Waals surface area contributed by atoms with Gasteiger partial charge in [-0.15, -0.1) is 0 Å². The second kappa shape index (κ2) is 3.34. The molecule has 0 heterocycles. The molecule has 0 aromatic rings. The first kappa shape index (κ1) is 9.13. The Morgan fingerprint density at radius 3 is 1.90 bits per heavy atom. The molecule has 0 aromatic heterocycles. The third-order valence-electron chi connectivity index (χ3n) is 1.06. The van der Waals surface area contributed by atoms with Crippen LogP contribution in [-0.2, 0) is 4.79 Å². The van der Waals surface area contributed by atoms with Gasteiger partial charge in [-0.1, -0.05) is 6.58 Å². The second-order valence-corrected chi connectivity index (χ2v) is 1.99. The van der Waals surface area contributed by atoms with Crippen LogP contribution in [-0.4, -0.2) is 33.3 Å². The van der Waals surface area contributed by atoms with Crippen LogP contribution in [0.3, 0.4) is 0 Å². The summed E-state index contributed by atoms with van der Waals surface area (Å²) < 4.78 is 0. The fourth-order valence-corrected chi connectivity index (χ4v) is 0.405. The number of aliphatic hydroxyl groups is 3. The summed E-state index contributed by atoms with van der Waals surface area (Å²) in [5.41, 5.74) is 0. The third-order valence-corrected chi connectivity index (χ3v) is 1.06. The van der Waals surface area contributed by atoms with Crippen molar-refractivity contribution in [1.29, 1.82) is 0 Å². The third kappa shape index (κ3) is 2.16. The van der Waals surface area contributed by atoms with Crippen LogP contribution in [0.25, 0.3) is 0 Å². The molecule has 2 atom stereocenters. The van der Waals surface area contributed by atoms with E-state index in [9.17, 15) is 4.79 Å². The molecule has 0 fully saturated rings. The van der Waals surface area contributed by atoms with Crippen molar-refractivity contribution in [3.8, 4) is 0 Å². The largest absolute Gasteiger partial charge is 0.510 e. The molecule has 0 amide bonds. The van der Waals surface area contributed by atoms with E-state index < -0.39 is 23.8 Å². The zero-order chi connectivity index (χ0) is 8.31. The number of carbonyl (C=O) groups is 1. The van der Waals surface area contributed by atoms with Crippen LogP contribution in [0.15, 0.2) is 12.3 Å². The minimum atomic E-state index is -1.57. The maximum Gasteiger partial charge on any atom is 0.161 e. The maximum absolute atomic E-state index is 10.3. The van der Waals surface area contributed by atoms with Gasteiger partial charge in [0.15, 0.2) is 5.78 Å². The summed E-state index contributed by atoms with van der Waals surface area (Å²) in [6, 6.07) is 0. The van der Waals surface area contributed by atoms with Crippen molar-refractivity contribution in [3.05, 3.63) is 12.3 Å². The van der Waals surface area contributed by atoms with Gasteiger partial charge >= 0.3 is 0 Å². The van der Waals surface area contributed by atoms with Gasteiger partial charge in [-0.05, 0) is 6.92 Å².